The van der Waals surface area contributed by atoms with E-state index < -0.39 is 5.97 Å². The monoisotopic (exact) mass is 563 g/mol. The molecule has 13 heteroatoms. The fraction of sp³-hybridized carbons (Fsp3) is 0.269. The first-order chi connectivity index (χ1) is 19.0. The number of hydrazine groups is 2. The van der Waals surface area contributed by atoms with Gasteiger partial charge in [0.15, 0.2) is 0 Å². The van der Waals surface area contributed by atoms with Crippen molar-refractivity contribution in [3.63, 3.8) is 0 Å². The summed E-state index contributed by atoms with van der Waals surface area (Å²) in [6.45, 7) is 6.30. The molecule has 0 amide bonds. The van der Waals surface area contributed by atoms with Crippen LogP contribution in [0.1, 0.15) is 34.6 Å². The van der Waals surface area contributed by atoms with Crippen molar-refractivity contribution < 1.29 is 9.53 Å². The highest BCUT2D eigenvalue weighted by atomic mass is 32.1. The lowest BCUT2D eigenvalue weighted by Crippen LogP contribution is -2.15. The number of nitrogens with one attached hydrogen (secondary N) is 4. The number of anilines is 5. The molecule has 4 aromatic rings. The van der Waals surface area contributed by atoms with Crippen molar-refractivity contribution in [1.82, 2.24) is 9.36 Å². The van der Waals surface area contributed by atoms with Crippen LogP contribution in [-0.4, -0.2) is 35.5 Å². The number of hydrogen-bond donors (Lipinski definition) is 4. The van der Waals surface area contributed by atoms with E-state index >= 15 is 0 Å². The Morgan fingerprint density at radius 1 is 0.923 bits per heavy atom. The van der Waals surface area contributed by atoms with Gasteiger partial charge in [-0.25, -0.2) is 4.79 Å². The molecule has 0 spiro atoms. The molecule has 0 radical (unpaired) electrons. The van der Waals surface area contributed by atoms with Gasteiger partial charge in [-0.15, -0.1) is 10.2 Å². The predicted octanol–water partition coefficient (Wildman–Crippen LogP) is 6.90. The van der Waals surface area contributed by atoms with E-state index in [0.29, 0.717) is 5.69 Å². The first-order valence-corrected chi connectivity index (χ1v) is 14.0. The maximum Gasteiger partial charge on any atom is 0.377 e. The van der Waals surface area contributed by atoms with Crippen LogP contribution in [0.15, 0.2) is 58.8 Å². The van der Waals surface area contributed by atoms with Crippen molar-refractivity contribution in [3.05, 3.63) is 65.5 Å². The summed E-state index contributed by atoms with van der Waals surface area (Å²) in [4.78, 5) is 17.9. The summed E-state index contributed by atoms with van der Waals surface area (Å²) < 4.78 is 8.52. The average molecular weight is 564 g/mol. The third-order valence-corrected chi connectivity index (χ3v) is 7.79. The summed E-state index contributed by atoms with van der Waals surface area (Å²) in [7, 11) is 1.28. The second-order valence-corrected chi connectivity index (χ2v) is 10.7. The number of aromatic nitrogens is 2. The van der Waals surface area contributed by atoms with Crippen molar-refractivity contribution in [2.75, 3.05) is 46.8 Å². The highest BCUT2D eigenvalue weighted by Crippen LogP contribution is 2.32. The third-order valence-electron chi connectivity index (χ3n) is 6.13. The fourth-order valence-electron chi connectivity index (χ4n) is 4.03. The zero-order valence-corrected chi connectivity index (χ0v) is 23.4. The molecule has 2 aromatic carbocycles. The molecule has 1 aliphatic heterocycles. The van der Waals surface area contributed by atoms with Crippen molar-refractivity contribution in [1.29, 1.82) is 0 Å². The first kappa shape index (κ1) is 26.4. The number of ether oxygens (including phenoxy) is 1. The summed E-state index contributed by atoms with van der Waals surface area (Å²) in [5, 5.41) is 11.0. The lowest BCUT2D eigenvalue weighted by Gasteiger charge is -2.15. The van der Waals surface area contributed by atoms with Crippen LogP contribution in [0.25, 0.3) is 0 Å². The van der Waals surface area contributed by atoms with E-state index in [-0.39, 0.29) is 11.0 Å². The van der Waals surface area contributed by atoms with Gasteiger partial charge >= 0.3 is 5.97 Å². The highest BCUT2D eigenvalue weighted by Gasteiger charge is 2.14. The Morgan fingerprint density at radius 2 is 1.67 bits per heavy atom. The van der Waals surface area contributed by atoms with Gasteiger partial charge in [0, 0.05) is 24.6 Å². The predicted molar refractivity (Wildman–Crippen MR) is 158 cm³/mol. The topological polar surface area (TPSA) is 128 Å². The number of methoxy groups -OCH3 is 1. The molecule has 1 saturated heterocycles. The van der Waals surface area contributed by atoms with Crippen LogP contribution < -0.4 is 26.6 Å². The Hall–Kier alpha value is -4.23. The van der Waals surface area contributed by atoms with E-state index in [1.807, 2.05) is 37.3 Å². The lowest BCUT2D eigenvalue weighted by atomic mass is 10.2. The molecule has 4 N–H and O–H groups in total. The van der Waals surface area contributed by atoms with Gasteiger partial charge in [-0.05, 0) is 86.3 Å². The molecule has 1 aliphatic rings. The van der Waals surface area contributed by atoms with Gasteiger partial charge in [0.05, 0.1) is 34.9 Å². The molecular weight excluding hydrogens is 534 g/mol. The number of carbonyl (C=O) groups excluding carboxylic acids is 1. The van der Waals surface area contributed by atoms with E-state index in [9.17, 15) is 4.79 Å². The van der Waals surface area contributed by atoms with E-state index in [1.54, 1.807) is 11.3 Å². The second-order valence-electron chi connectivity index (χ2n) is 8.96. The highest BCUT2D eigenvalue weighted by molar-refractivity contribution is 7.20. The van der Waals surface area contributed by atoms with Crippen LogP contribution in [0.4, 0.5) is 37.9 Å². The van der Waals surface area contributed by atoms with Gasteiger partial charge in [-0.2, -0.15) is 9.36 Å². The minimum Gasteiger partial charge on any atom is -0.463 e. The van der Waals surface area contributed by atoms with Gasteiger partial charge in [0.1, 0.15) is 5.00 Å². The molecule has 3 heterocycles. The molecule has 0 unspecified atom stereocenters. The fourth-order valence-corrected chi connectivity index (χ4v) is 5.43. The minimum atomic E-state index is -0.602. The maximum absolute atomic E-state index is 11.5. The Kier molecular flexibility index (Phi) is 8.18. The Morgan fingerprint density at radius 3 is 2.41 bits per heavy atom. The standard InChI is InChI=1S/C26H29N9O2S2/c1-16-15-19(29-32-22-10-11-23(38-22)35-12-4-5-13-35)7-8-20(16)30-28-18-6-9-21(17(2)14-18)31-33-26-27-24(34-39-26)25(36)37-3/h6-11,14-15,28-30,32H,4-5,12-13H2,1-3H3/b33-31+. The molecule has 202 valence electrons. The molecule has 2 aromatic heterocycles. The third kappa shape index (κ3) is 6.62. The quantitative estimate of drug-likeness (QED) is 0.0925. The van der Waals surface area contributed by atoms with Crippen LogP contribution in [-0.2, 0) is 4.74 Å². The second kappa shape index (κ2) is 12.1. The van der Waals surface area contributed by atoms with Gasteiger partial charge < -0.3 is 25.9 Å². The maximum atomic E-state index is 11.5. The number of hydrogen-bond acceptors (Lipinski definition) is 13. The molecule has 39 heavy (non-hydrogen) atoms. The summed E-state index contributed by atoms with van der Waals surface area (Å²) in [5.41, 5.74) is 18.6. The normalized spacial score (nSPS) is 13.1. The number of azo groups is 1. The number of thiophene rings is 1. The smallest absolute Gasteiger partial charge is 0.377 e. The minimum absolute atomic E-state index is 0.0248. The number of rotatable bonds is 10. The van der Waals surface area contributed by atoms with E-state index in [2.05, 4.69) is 76.0 Å². The van der Waals surface area contributed by atoms with Crippen LogP contribution in [0.3, 0.4) is 0 Å². The van der Waals surface area contributed by atoms with Crippen LogP contribution >= 0.6 is 22.9 Å². The molecule has 0 atom stereocenters. The van der Waals surface area contributed by atoms with Gasteiger partial charge in [0.2, 0.25) is 5.13 Å². The van der Waals surface area contributed by atoms with E-state index in [1.165, 1.54) is 25.0 Å². The first-order valence-electron chi connectivity index (χ1n) is 12.4. The van der Waals surface area contributed by atoms with Crippen LogP contribution in [0.2, 0.25) is 0 Å². The van der Waals surface area contributed by atoms with E-state index in [0.717, 1.165) is 57.8 Å². The van der Waals surface area contributed by atoms with Crippen LogP contribution in [0.5, 0.6) is 0 Å². The van der Waals surface area contributed by atoms with Gasteiger partial charge in [0.25, 0.3) is 5.82 Å². The molecular formula is C26H29N9O2S2. The summed E-state index contributed by atoms with van der Waals surface area (Å²) in [6, 6.07) is 16.2. The van der Waals surface area contributed by atoms with Gasteiger partial charge in [-0.1, -0.05) is 11.3 Å². The zero-order chi connectivity index (χ0) is 27.2. The zero-order valence-electron chi connectivity index (χ0n) is 21.8. The number of benzene rings is 2. The Bertz CT molecular complexity index is 1480. The summed E-state index contributed by atoms with van der Waals surface area (Å²) in [6.07, 6.45) is 2.55. The number of esters is 1. The molecule has 5 rings (SSSR count). The van der Waals surface area contributed by atoms with Crippen molar-refractivity contribution in [2.45, 2.75) is 26.7 Å². The van der Waals surface area contributed by atoms with Crippen molar-refractivity contribution >= 4 is 66.7 Å². The molecule has 0 saturated carbocycles. The lowest BCUT2D eigenvalue weighted by molar-refractivity contribution is 0.0588. The molecule has 0 aliphatic carbocycles. The Labute approximate surface area is 234 Å². The largest absolute Gasteiger partial charge is 0.463 e. The SMILES string of the molecule is COC(=O)c1nsc(/N=N/c2ccc(NNc3ccc(NNc4ccc(N5CCCC5)s4)cc3C)cc2C)n1. The van der Waals surface area contributed by atoms with Crippen molar-refractivity contribution in [2.24, 2.45) is 10.2 Å². The van der Waals surface area contributed by atoms with Crippen LogP contribution in [0, 0.1) is 13.8 Å². The molecule has 1 fully saturated rings. The molecule has 11 nitrogen and oxygen atoms in total. The van der Waals surface area contributed by atoms with Gasteiger partial charge in [-0.3, -0.25) is 5.43 Å². The molecule has 0 bridgehead atoms. The number of carbonyl (C=O) groups is 1. The Balaban J connectivity index is 1.14. The summed E-state index contributed by atoms with van der Waals surface area (Å²) in [5.74, 6) is -0.627. The van der Waals surface area contributed by atoms with E-state index in [4.69, 9.17) is 0 Å². The number of aryl methyl sites for hydroxylation is 2. The number of nitrogens with zero attached hydrogens (tertiary/aromatic N) is 5. The average Bonchev–Trinajstić information content (AvgIpc) is 3.72. The van der Waals surface area contributed by atoms with Crippen molar-refractivity contribution in [3.8, 4) is 0 Å². The summed E-state index contributed by atoms with van der Waals surface area (Å²) >= 11 is 2.75.